The lowest BCUT2D eigenvalue weighted by Gasteiger charge is -2.35. The van der Waals surface area contributed by atoms with Crippen LogP contribution in [0.4, 0.5) is 34.1 Å². The summed E-state index contributed by atoms with van der Waals surface area (Å²) in [4.78, 5) is 4.50. The van der Waals surface area contributed by atoms with Crippen molar-refractivity contribution in [2.45, 2.75) is 5.41 Å². The molecule has 1 aromatic heterocycles. The van der Waals surface area contributed by atoms with Crippen LogP contribution in [0.15, 0.2) is 255 Å². The molecule has 66 heavy (non-hydrogen) atoms. The molecule has 310 valence electrons. The summed E-state index contributed by atoms with van der Waals surface area (Å²) in [5, 5.41) is 4.03. The standard InChI is InChI=1S/C63H42N2S/c1-4-21-48(22-5-1)64(49-23-6-2-7-24-49)51-34-36-58-55(41-51)56-42-52(65(50-25-8-3-9-26-50)60-29-16-20-44-18-12-13-27-53(44)60)35-37-59(56)63(58,46-32-31-43-17-10-11-19-45(43)39-46)47-33-38-62-57(40-47)54-28-14-15-30-61(54)66-62/h1-42H/i10D,11D,17D,19D,31D,32D,39D. The van der Waals surface area contributed by atoms with E-state index >= 15 is 0 Å². The van der Waals surface area contributed by atoms with Gasteiger partial charge in [0.1, 0.15) is 0 Å². The third-order valence-electron chi connectivity index (χ3n) is 13.1. The first-order valence-corrected chi connectivity index (χ1v) is 22.9. The highest BCUT2D eigenvalue weighted by molar-refractivity contribution is 7.25. The van der Waals surface area contributed by atoms with Gasteiger partial charge >= 0.3 is 0 Å². The van der Waals surface area contributed by atoms with Crippen molar-refractivity contribution in [1.29, 1.82) is 0 Å². The Hall–Kier alpha value is -8.24. The molecule has 11 aromatic carbocycles. The normalized spacial score (nSPS) is 15.6. The van der Waals surface area contributed by atoms with E-state index in [0.717, 1.165) is 92.9 Å². The van der Waals surface area contributed by atoms with Crippen molar-refractivity contribution in [3.63, 3.8) is 0 Å². The molecule has 13 rings (SSSR count). The third kappa shape index (κ3) is 6.01. The summed E-state index contributed by atoms with van der Waals surface area (Å²) in [6.45, 7) is 0. The smallest absolute Gasteiger partial charge is 0.0714 e. The molecule has 0 N–H and O–H groups in total. The van der Waals surface area contributed by atoms with Crippen molar-refractivity contribution < 1.29 is 9.60 Å². The number of thiophene rings is 1. The predicted molar refractivity (Wildman–Crippen MR) is 281 cm³/mol. The van der Waals surface area contributed by atoms with Crippen LogP contribution in [0.1, 0.15) is 31.8 Å². The highest BCUT2D eigenvalue weighted by Gasteiger charge is 2.47. The van der Waals surface area contributed by atoms with E-state index < -0.39 is 29.6 Å². The molecule has 1 aliphatic carbocycles. The van der Waals surface area contributed by atoms with Gasteiger partial charge in [0, 0.05) is 54.0 Å². The molecule has 0 aliphatic heterocycles. The Morgan fingerprint density at radius 2 is 0.924 bits per heavy atom. The van der Waals surface area contributed by atoms with Crippen LogP contribution >= 0.6 is 11.3 Å². The van der Waals surface area contributed by atoms with Crippen LogP contribution in [0, 0.1) is 0 Å². The lowest BCUT2D eigenvalue weighted by Crippen LogP contribution is -2.28. The van der Waals surface area contributed by atoms with Crippen LogP contribution in [0.5, 0.6) is 0 Å². The summed E-state index contributed by atoms with van der Waals surface area (Å²) in [6.07, 6.45) is 0. The minimum atomic E-state index is -1.45. The second-order valence-corrected chi connectivity index (χ2v) is 17.8. The number of hydrogen-bond acceptors (Lipinski definition) is 3. The third-order valence-corrected chi connectivity index (χ3v) is 14.3. The summed E-state index contributed by atoms with van der Waals surface area (Å²) >= 11 is 1.70. The molecule has 0 bridgehead atoms. The Bertz CT molecular complexity index is 4160. The SMILES string of the molecule is [2H]c1c([2H])c([2H])c2c([2H])c(C3(c4ccc5sc6ccccc6c5c4)c4ccc(N(c5ccccc5)c5ccccc5)cc4-c4cc(N(c5ccccc5)c5cccc6ccccc56)ccc43)c([2H])c([2H])c2c1[2H]. The molecule has 0 spiro atoms. The number of rotatable bonds is 8. The maximum atomic E-state index is 10.3. The maximum Gasteiger partial charge on any atom is 0.0714 e. The lowest BCUT2D eigenvalue weighted by atomic mass is 9.67. The van der Waals surface area contributed by atoms with Crippen LogP contribution in [0.3, 0.4) is 0 Å². The predicted octanol–water partition coefficient (Wildman–Crippen LogP) is 17.7. The summed E-state index contributed by atoms with van der Waals surface area (Å²) in [5.41, 5.74) is 8.36. The van der Waals surface area contributed by atoms with E-state index in [1.807, 2.05) is 72.8 Å². The van der Waals surface area contributed by atoms with E-state index in [9.17, 15) is 5.48 Å². The quantitative estimate of drug-likeness (QED) is 0.150. The Morgan fingerprint density at radius 3 is 1.62 bits per heavy atom. The fourth-order valence-corrected chi connectivity index (χ4v) is 11.3. The van der Waals surface area contributed by atoms with E-state index in [-0.39, 0.29) is 34.5 Å². The van der Waals surface area contributed by atoms with Gasteiger partial charge in [0.2, 0.25) is 0 Å². The average molecular weight is 866 g/mol. The van der Waals surface area contributed by atoms with Crippen molar-refractivity contribution >= 4 is 87.2 Å². The zero-order valence-corrected chi connectivity index (χ0v) is 36.3. The molecular weight excluding hydrogens is 817 g/mol. The first-order chi connectivity index (χ1) is 35.6. The first-order valence-electron chi connectivity index (χ1n) is 25.6. The van der Waals surface area contributed by atoms with Crippen LogP contribution in [0.25, 0.3) is 52.8 Å². The molecule has 1 aliphatic rings. The number of anilines is 6. The first kappa shape index (κ1) is 31.6. The van der Waals surface area contributed by atoms with Gasteiger partial charge in [0.25, 0.3) is 0 Å². The van der Waals surface area contributed by atoms with Gasteiger partial charge < -0.3 is 9.80 Å². The Morgan fingerprint density at radius 1 is 0.364 bits per heavy atom. The van der Waals surface area contributed by atoms with Gasteiger partial charge in [-0.2, -0.15) is 0 Å². The molecular formula is C63H42N2S. The van der Waals surface area contributed by atoms with Crippen molar-refractivity contribution in [2.75, 3.05) is 9.80 Å². The monoisotopic (exact) mass is 865 g/mol. The number of para-hydroxylation sites is 3. The molecule has 12 aromatic rings. The van der Waals surface area contributed by atoms with Crippen molar-refractivity contribution in [2.24, 2.45) is 0 Å². The number of hydrogen-bond donors (Lipinski definition) is 0. The molecule has 1 atom stereocenters. The van der Waals surface area contributed by atoms with Crippen molar-refractivity contribution in [3.05, 3.63) is 277 Å². The molecule has 0 saturated heterocycles. The summed E-state index contributed by atoms with van der Waals surface area (Å²) in [6, 6.07) is 70.3. The molecule has 0 fully saturated rings. The molecule has 2 nitrogen and oxygen atoms in total. The van der Waals surface area contributed by atoms with Gasteiger partial charge in [0.15, 0.2) is 0 Å². The van der Waals surface area contributed by atoms with E-state index in [0.29, 0.717) is 0 Å². The van der Waals surface area contributed by atoms with Crippen LogP contribution in [0.2, 0.25) is 0 Å². The summed E-state index contributed by atoms with van der Waals surface area (Å²) < 4.78 is 68.2. The average Bonchev–Trinajstić information content (AvgIpc) is 3.95. The molecule has 0 saturated carbocycles. The van der Waals surface area contributed by atoms with E-state index in [2.05, 4.69) is 149 Å². The number of nitrogens with zero attached hydrogens (tertiary/aromatic N) is 2. The van der Waals surface area contributed by atoms with Crippen molar-refractivity contribution in [1.82, 2.24) is 0 Å². The molecule has 3 heteroatoms. The van der Waals surface area contributed by atoms with Crippen LogP contribution in [-0.2, 0) is 5.41 Å². The Balaban J connectivity index is 1.19. The van der Waals surface area contributed by atoms with Crippen LogP contribution < -0.4 is 9.80 Å². The van der Waals surface area contributed by atoms with E-state index in [1.54, 1.807) is 11.3 Å². The zero-order valence-electron chi connectivity index (χ0n) is 42.5. The van der Waals surface area contributed by atoms with Crippen LogP contribution in [-0.4, -0.2) is 0 Å². The second kappa shape index (κ2) is 15.5. The summed E-state index contributed by atoms with van der Waals surface area (Å²) in [5.74, 6) is 0. The largest absolute Gasteiger partial charge is 0.310 e. The van der Waals surface area contributed by atoms with Gasteiger partial charge in [0.05, 0.1) is 20.7 Å². The fourth-order valence-electron chi connectivity index (χ4n) is 10.2. The van der Waals surface area contributed by atoms with Gasteiger partial charge in [-0.3, -0.25) is 0 Å². The minimum Gasteiger partial charge on any atom is -0.310 e. The second-order valence-electron chi connectivity index (χ2n) is 16.7. The minimum absolute atomic E-state index is 0.0859. The molecule has 1 unspecified atom stereocenters. The van der Waals surface area contributed by atoms with Gasteiger partial charge in [-0.25, -0.2) is 0 Å². The number of benzene rings is 11. The lowest BCUT2D eigenvalue weighted by molar-refractivity contribution is 0.771. The van der Waals surface area contributed by atoms with Gasteiger partial charge in [-0.05, 0) is 141 Å². The van der Waals surface area contributed by atoms with E-state index in [4.69, 9.17) is 4.11 Å². The highest BCUT2D eigenvalue weighted by atomic mass is 32.1. The Kier molecular flexibility index (Phi) is 7.41. The number of fused-ring (bicyclic) bond motifs is 8. The fraction of sp³-hybridized carbons (Fsp3) is 0.0159. The zero-order chi connectivity index (χ0) is 49.7. The maximum absolute atomic E-state index is 10.3. The van der Waals surface area contributed by atoms with E-state index in [1.165, 1.54) is 0 Å². The molecule has 0 amide bonds. The topological polar surface area (TPSA) is 6.48 Å². The molecule has 1 heterocycles. The Labute approximate surface area is 398 Å². The van der Waals surface area contributed by atoms with Gasteiger partial charge in [-0.15, -0.1) is 11.3 Å². The van der Waals surface area contributed by atoms with Gasteiger partial charge in [-0.1, -0.05) is 164 Å². The van der Waals surface area contributed by atoms with Crippen molar-refractivity contribution in [3.8, 4) is 11.1 Å². The highest BCUT2D eigenvalue weighted by Crippen LogP contribution is 2.59. The molecule has 0 radical (unpaired) electrons. The summed E-state index contributed by atoms with van der Waals surface area (Å²) in [7, 11) is 0.